The fraction of sp³-hybridized carbons (Fsp3) is 0.0645. The summed E-state index contributed by atoms with van der Waals surface area (Å²) in [6.45, 7) is 0. The summed E-state index contributed by atoms with van der Waals surface area (Å²) in [6, 6.07) is 40.8. The van der Waals surface area contributed by atoms with Crippen LogP contribution in [-0.4, -0.2) is 56.3 Å². The van der Waals surface area contributed by atoms with Crippen molar-refractivity contribution in [3.8, 4) is 62.3 Å². The largest absolute Gasteiger partial charge is 0.496 e. The molecule has 5 heterocycles. The highest BCUT2D eigenvalue weighted by Gasteiger charge is 2.24. The zero-order chi connectivity index (χ0) is 61.0. The SMILES string of the molecule is COc1cc(-c2cccc(F)c2)c(F)cc1-c1nc(C#N)cc2cc(S(=O)(=O)Cc3ccon3)ccc12.COc1cc(-c2cccc(F)c2)c(F)cc1-c1nc(Cl)cc2cc(S(=O)(=O)Cc3ccon3)ccc12.Clc1cc2cc(Br)ccc2c(Cl)n1. The van der Waals surface area contributed by atoms with E-state index >= 15 is 8.78 Å². The van der Waals surface area contributed by atoms with Crippen LogP contribution in [0.5, 0.6) is 11.5 Å². The maximum Gasteiger partial charge on any atom is 0.184 e. The van der Waals surface area contributed by atoms with Gasteiger partial charge in [-0.2, -0.15) is 5.26 Å². The Kier molecular flexibility index (Phi) is 17.9. The summed E-state index contributed by atoms with van der Waals surface area (Å²) >= 11 is 21.3. The lowest BCUT2D eigenvalue weighted by molar-refractivity contribution is 0.413. The van der Waals surface area contributed by atoms with Crippen LogP contribution in [0, 0.1) is 34.6 Å². The summed E-state index contributed by atoms with van der Waals surface area (Å²) < 4.78 is 131. The lowest BCUT2D eigenvalue weighted by atomic mass is 9.98. The average Bonchev–Trinajstić information content (AvgIpc) is 1.04. The minimum Gasteiger partial charge on any atom is -0.496 e. The summed E-state index contributed by atoms with van der Waals surface area (Å²) in [7, 11) is -4.67. The van der Waals surface area contributed by atoms with Crippen molar-refractivity contribution >= 4 is 103 Å². The predicted molar refractivity (Wildman–Crippen MR) is 322 cm³/mol. The van der Waals surface area contributed by atoms with Gasteiger partial charge in [0, 0.05) is 55.0 Å². The van der Waals surface area contributed by atoms with Gasteiger partial charge in [-0.25, -0.2) is 49.3 Å². The number of hydrogen-bond donors (Lipinski definition) is 0. The normalized spacial score (nSPS) is 11.4. The van der Waals surface area contributed by atoms with Gasteiger partial charge in [0.1, 0.15) is 86.0 Å². The van der Waals surface area contributed by atoms with E-state index in [1.807, 2.05) is 24.3 Å². The van der Waals surface area contributed by atoms with Crippen molar-refractivity contribution in [1.82, 2.24) is 25.3 Å². The second-order valence-electron chi connectivity index (χ2n) is 18.7. The highest BCUT2D eigenvalue weighted by atomic mass is 79.9. The van der Waals surface area contributed by atoms with Crippen LogP contribution in [0.3, 0.4) is 0 Å². The van der Waals surface area contributed by atoms with Crippen LogP contribution >= 0.6 is 50.7 Å². The molecule has 0 amide bonds. The molecule has 0 saturated heterocycles. The van der Waals surface area contributed by atoms with Gasteiger partial charge in [-0.05, 0) is 130 Å². The molecule has 7 aromatic carbocycles. The fourth-order valence-electron chi connectivity index (χ4n) is 9.20. The van der Waals surface area contributed by atoms with Crippen LogP contribution in [0.1, 0.15) is 17.1 Å². The Morgan fingerprint density at radius 2 is 0.988 bits per heavy atom. The van der Waals surface area contributed by atoms with Crippen LogP contribution < -0.4 is 9.47 Å². The molecular formula is C62H38BrCl3F4N6O8S2. The van der Waals surface area contributed by atoms with Gasteiger partial charge in [-0.3, -0.25) is 0 Å². The van der Waals surface area contributed by atoms with Gasteiger partial charge in [0.25, 0.3) is 0 Å². The van der Waals surface area contributed by atoms with E-state index in [-0.39, 0.29) is 77.4 Å². The Morgan fingerprint density at radius 1 is 0.523 bits per heavy atom. The molecule has 0 N–H and O–H groups in total. The number of hydrogen-bond acceptors (Lipinski definition) is 14. The van der Waals surface area contributed by atoms with Gasteiger partial charge in [-0.15, -0.1) is 0 Å². The maximum atomic E-state index is 15.3. The molecule has 0 aliphatic carbocycles. The molecule has 0 aliphatic rings. The quantitative estimate of drug-likeness (QED) is 0.0826. The zero-order valence-corrected chi connectivity index (χ0v) is 49.9. The van der Waals surface area contributed by atoms with E-state index in [4.69, 9.17) is 53.3 Å². The lowest BCUT2D eigenvalue weighted by Crippen LogP contribution is -2.05. The number of benzene rings is 7. The van der Waals surface area contributed by atoms with E-state index in [0.717, 1.165) is 15.2 Å². The van der Waals surface area contributed by atoms with E-state index in [9.17, 15) is 30.9 Å². The molecule has 0 unspecified atom stereocenters. The average molecular weight is 1320 g/mol. The molecule has 24 heteroatoms. The Labute approximate surface area is 511 Å². The number of aromatic nitrogens is 5. The van der Waals surface area contributed by atoms with E-state index in [1.54, 1.807) is 30.3 Å². The molecule has 14 nitrogen and oxygen atoms in total. The lowest BCUT2D eigenvalue weighted by Gasteiger charge is -2.15. The summed E-state index contributed by atoms with van der Waals surface area (Å²) in [4.78, 5) is 12.8. The molecule has 0 spiro atoms. The van der Waals surface area contributed by atoms with Crippen LogP contribution in [0.15, 0.2) is 194 Å². The molecule has 0 bridgehead atoms. The van der Waals surface area contributed by atoms with E-state index < -0.39 is 42.9 Å². The molecule has 86 heavy (non-hydrogen) atoms. The molecular weight excluding hydrogens is 1280 g/mol. The van der Waals surface area contributed by atoms with Crippen molar-refractivity contribution in [3.05, 3.63) is 231 Å². The molecule has 0 fully saturated rings. The minimum absolute atomic E-state index is 0.00483. The number of pyridine rings is 3. The number of sulfone groups is 2. The predicted octanol–water partition coefficient (Wildman–Crippen LogP) is 16.5. The first-order valence-electron chi connectivity index (χ1n) is 25.1. The number of nitrogens with zero attached hydrogens (tertiary/aromatic N) is 6. The van der Waals surface area contributed by atoms with Gasteiger partial charge in [0.05, 0.1) is 46.8 Å². The highest BCUT2D eigenvalue weighted by molar-refractivity contribution is 9.10. The number of rotatable bonds is 12. The third kappa shape index (κ3) is 13.4. The van der Waals surface area contributed by atoms with Crippen molar-refractivity contribution < 1.29 is 52.9 Å². The van der Waals surface area contributed by atoms with Gasteiger partial charge >= 0.3 is 0 Å². The van der Waals surface area contributed by atoms with Gasteiger partial charge in [0.2, 0.25) is 0 Å². The van der Waals surface area contributed by atoms with Crippen molar-refractivity contribution in [2.75, 3.05) is 14.2 Å². The van der Waals surface area contributed by atoms with Crippen LogP contribution in [-0.2, 0) is 31.2 Å². The Morgan fingerprint density at radius 3 is 1.45 bits per heavy atom. The third-order valence-corrected chi connectivity index (χ3v) is 17.6. The first-order valence-corrected chi connectivity index (χ1v) is 30.3. The summed E-state index contributed by atoms with van der Waals surface area (Å²) in [6.07, 6.45) is 2.59. The summed E-state index contributed by atoms with van der Waals surface area (Å²) in [5.74, 6) is -2.43. The second-order valence-corrected chi connectivity index (χ2v) is 24.7. The van der Waals surface area contributed by atoms with E-state index in [0.29, 0.717) is 54.2 Å². The molecule has 432 valence electrons. The topological polar surface area (TPSA) is 201 Å². The third-order valence-electron chi connectivity index (χ3n) is 13.1. The van der Waals surface area contributed by atoms with Crippen LogP contribution in [0.25, 0.3) is 77.1 Å². The number of fused-ring (bicyclic) bond motifs is 3. The fourth-order valence-corrected chi connectivity index (χ4v) is 12.9. The van der Waals surface area contributed by atoms with Crippen molar-refractivity contribution in [3.63, 3.8) is 0 Å². The molecule has 5 aromatic heterocycles. The second kappa shape index (κ2) is 25.5. The highest BCUT2D eigenvalue weighted by Crippen LogP contribution is 2.42. The van der Waals surface area contributed by atoms with Gasteiger partial charge in [-0.1, -0.05) is 104 Å². The molecule has 0 saturated carbocycles. The summed E-state index contributed by atoms with van der Waals surface area (Å²) in [5.41, 5.74) is 2.59. The maximum absolute atomic E-state index is 15.3. The monoisotopic (exact) mass is 1320 g/mol. The van der Waals surface area contributed by atoms with E-state index in [1.165, 1.54) is 136 Å². The van der Waals surface area contributed by atoms with Gasteiger partial charge in [0.15, 0.2) is 19.7 Å². The molecule has 0 radical (unpaired) electrons. The number of methoxy groups -OCH3 is 2. The number of nitriles is 1. The van der Waals surface area contributed by atoms with Crippen LogP contribution in [0.2, 0.25) is 15.5 Å². The molecule has 12 rings (SSSR count). The smallest absolute Gasteiger partial charge is 0.184 e. The molecule has 12 aromatic rings. The van der Waals surface area contributed by atoms with Crippen molar-refractivity contribution in [2.45, 2.75) is 21.3 Å². The molecule has 0 aliphatic heterocycles. The first-order chi connectivity index (χ1) is 41.2. The Hall–Kier alpha value is -8.75. The Bertz CT molecular complexity index is 4870. The zero-order valence-electron chi connectivity index (χ0n) is 44.4. The standard InChI is InChI=1S/C27H17F2N3O4S.C26H17ClF2N2O4S.C9H4BrCl2N/c1-35-26-13-23(16-3-2-4-18(28)9-16)25(29)12-24(26)27-22-6-5-21(11-17(22)10-20(14-30)31-27)37(33,34)15-19-7-8-36-32-19;1-34-24-13-21(15-3-2-4-17(28)9-15)23(29)12-22(24)26-20-6-5-19(10-16(20)11-25(27)30-26)36(32,33)14-18-7-8-35-31-18;10-6-1-2-7-5(3-6)4-8(11)13-9(7)12/h2-13H,15H2,1H3;2-13H,14H2,1H3;1-4H. The first kappa shape index (κ1) is 60.4. The van der Waals surface area contributed by atoms with Crippen molar-refractivity contribution in [1.29, 1.82) is 5.26 Å². The minimum atomic E-state index is -3.77. The van der Waals surface area contributed by atoms with E-state index in [2.05, 4.69) is 41.2 Å². The number of ether oxygens (including phenoxy) is 2. The Balaban J connectivity index is 0.000000158. The van der Waals surface area contributed by atoms with Gasteiger partial charge < -0.3 is 18.5 Å². The van der Waals surface area contributed by atoms with Crippen molar-refractivity contribution in [2.24, 2.45) is 0 Å². The summed E-state index contributed by atoms with van der Waals surface area (Å²) in [5, 5.41) is 21.7. The number of halogens is 8. The van der Waals surface area contributed by atoms with Crippen LogP contribution in [0.4, 0.5) is 17.6 Å². The molecule has 0 atom stereocenters.